The number of halogens is 1. The van der Waals surface area contributed by atoms with Crippen LogP contribution in [0.2, 0.25) is 0 Å². The molecular weight excluding hydrogens is 397 g/mol. The minimum Gasteiger partial charge on any atom is -0.356 e. The van der Waals surface area contributed by atoms with E-state index < -0.39 is 6.17 Å². The summed E-state index contributed by atoms with van der Waals surface area (Å²) >= 11 is 0. The minimum absolute atomic E-state index is 0.0834. The van der Waals surface area contributed by atoms with E-state index in [2.05, 4.69) is 15.5 Å². The maximum Gasteiger partial charge on any atom is 0.179 e. The number of anilines is 2. The van der Waals surface area contributed by atoms with Crippen molar-refractivity contribution in [3.05, 3.63) is 42.2 Å². The van der Waals surface area contributed by atoms with Crippen molar-refractivity contribution >= 4 is 33.5 Å². The zero-order valence-corrected chi connectivity index (χ0v) is 17.6. The number of benzene rings is 1. The van der Waals surface area contributed by atoms with E-state index in [1.54, 1.807) is 6.20 Å². The summed E-state index contributed by atoms with van der Waals surface area (Å²) in [5.74, 6) is 0.648. The van der Waals surface area contributed by atoms with Gasteiger partial charge in [0.05, 0.1) is 5.52 Å². The third kappa shape index (κ3) is 3.87. The van der Waals surface area contributed by atoms with Crippen LogP contribution < -0.4 is 5.32 Å². The van der Waals surface area contributed by atoms with Crippen LogP contribution in [0, 0.1) is 0 Å². The lowest BCUT2D eigenvalue weighted by atomic mass is 10.1. The summed E-state index contributed by atoms with van der Waals surface area (Å²) in [6.07, 6.45) is 5.91. The van der Waals surface area contributed by atoms with Crippen LogP contribution in [0.3, 0.4) is 0 Å². The monoisotopic (exact) mass is 423 g/mol. The maximum atomic E-state index is 14.5. The molecule has 0 bridgehead atoms. The van der Waals surface area contributed by atoms with E-state index in [9.17, 15) is 4.39 Å². The molecule has 0 amide bonds. The molecule has 2 atom stereocenters. The molecule has 1 aliphatic heterocycles. The van der Waals surface area contributed by atoms with Crippen LogP contribution in [0.4, 0.5) is 15.9 Å². The average molecular weight is 423 g/mol. The van der Waals surface area contributed by atoms with Crippen molar-refractivity contribution in [3.63, 3.8) is 0 Å². The van der Waals surface area contributed by atoms with Gasteiger partial charge in [-0.1, -0.05) is 24.9 Å². The molecule has 1 fully saturated rings. The van der Waals surface area contributed by atoms with Crippen molar-refractivity contribution in [1.82, 2.24) is 19.9 Å². The molecule has 1 saturated heterocycles. The number of nitrogens with one attached hydrogen (secondary N) is 1. The first-order chi connectivity index (χ1) is 15.2. The predicted molar refractivity (Wildman–Crippen MR) is 117 cm³/mol. The lowest BCUT2D eigenvalue weighted by molar-refractivity contribution is -0.0365. The van der Waals surface area contributed by atoms with Crippen molar-refractivity contribution < 1.29 is 13.7 Å². The van der Waals surface area contributed by atoms with Gasteiger partial charge >= 0.3 is 0 Å². The molecule has 0 spiro atoms. The van der Waals surface area contributed by atoms with Crippen LogP contribution in [0.25, 0.3) is 22.0 Å². The molecule has 4 aromatic rings. The second-order valence-electron chi connectivity index (χ2n) is 8.00. The zero-order valence-electron chi connectivity index (χ0n) is 17.6. The molecule has 7 nitrogen and oxygen atoms in total. The number of rotatable bonds is 7. The molecule has 5 rings (SSSR count). The van der Waals surface area contributed by atoms with Gasteiger partial charge in [0, 0.05) is 29.9 Å². The van der Waals surface area contributed by atoms with E-state index in [0.29, 0.717) is 28.9 Å². The molecule has 162 valence electrons. The molecule has 3 aromatic heterocycles. The minimum atomic E-state index is -1.11. The van der Waals surface area contributed by atoms with Gasteiger partial charge in [-0.15, -0.1) is 5.10 Å². The Morgan fingerprint density at radius 1 is 1.29 bits per heavy atom. The Bertz CT molecular complexity index is 1180. The first-order valence-electron chi connectivity index (χ1n) is 11.0. The van der Waals surface area contributed by atoms with Gasteiger partial charge in [-0.2, -0.15) is 0 Å². The van der Waals surface area contributed by atoms with Crippen LogP contribution in [0.1, 0.15) is 63.5 Å². The Morgan fingerprint density at radius 3 is 3.06 bits per heavy atom. The largest absolute Gasteiger partial charge is 0.356 e. The highest BCUT2D eigenvalue weighted by Gasteiger charge is 2.22. The number of ether oxygens (including phenoxy) is 1. The van der Waals surface area contributed by atoms with Gasteiger partial charge in [0.15, 0.2) is 17.6 Å². The van der Waals surface area contributed by atoms with E-state index in [0.717, 1.165) is 55.4 Å². The molecule has 1 N–H and O–H groups in total. The lowest BCUT2D eigenvalue weighted by Gasteiger charge is -2.23. The summed E-state index contributed by atoms with van der Waals surface area (Å²) in [5.41, 5.74) is 3.41. The highest BCUT2D eigenvalue weighted by molar-refractivity contribution is 5.90. The Hall–Kier alpha value is -3.00. The second kappa shape index (κ2) is 8.63. The van der Waals surface area contributed by atoms with Crippen molar-refractivity contribution in [1.29, 1.82) is 0 Å². The summed E-state index contributed by atoms with van der Waals surface area (Å²) in [7, 11) is 0. The van der Waals surface area contributed by atoms with Gasteiger partial charge in [-0.3, -0.25) is 4.98 Å². The van der Waals surface area contributed by atoms with Crippen molar-refractivity contribution in [2.24, 2.45) is 0 Å². The van der Waals surface area contributed by atoms with Gasteiger partial charge in [0.1, 0.15) is 17.4 Å². The second-order valence-corrected chi connectivity index (χ2v) is 8.00. The van der Waals surface area contributed by atoms with Crippen LogP contribution in [-0.4, -0.2) is 26.5 Å². The van der Waals surface area contributed by atoms with Gasteiger partial charge in [-0.25, -0.2) is 9.07 Å². The van der Waals surface area contributed by atoms with Gasteiger partial charge in [0.2, 0.25) is 0 Å². The first-order valence-corrected chi connectivity index (χ1v) is 11.0. The van der Waals surface area contributed by atoms with E-state index in [1.165, 1.54) is 0 Å². The SMILES string of the molecule is CCCCC(F)c1noc2cc(Nc3nn(C4CCCCO4)c4cccnc34)ccc12. The molecule has 8 heteroatoms. The van der Waals surface area contributed by atoms with Crippen LogP contribution in [-0.2, 0) is 4.74 Å². The van der Waals surface area contributed by atoms with Crippen molar-refractivity contribution in [2.75, 3.05) is 11.9 Å². The normalized spacial score (nSPS) is 17.9. The number of alkyl halides is 1. The third-order valence-corrected chi connectivity index (χ3v) is 5.76. The fourth-order valence-electron chi connectivity index (χ4n) is 4.11. The Morgan fingerprint density at radius 2 is 2.23 bits per heavy atom. The van der Waals surface area contributed by atoms with Crippen LogP contribution in [0.5, 0.6) is 0 Å². The molecule has 0 aliphatic carbocycles. The van der Waals surface area contributed by atoms with E-state index >= 15 is 0 Å². The molecule has 2 unspecified atom stereocenters. The third-order valence-electron chi connectivity index (χ3n) is 5.76. The Labute approximate surface area is 179 Å². The molecule has 1 aliphatic rings. The zero-order chi connectivity index (χ0) is 21.2. The molecule has 1 aromatic carbocycles. The molecular formula is C23H26FN5O2. The average Bonchev–Trinajstić information content (AvgIpc) is 3.40. The van der Waals surface area contributed by atoms with Crippen LogP contribution in [0.15, 0.2) is 41.1 Å². The lowest BCUT2D eigenvalue weighted by Crippen LogP contribution is -2.19. The highest BCUT2D eigenvalue weighted by Crippen LogP contribution is 2.33. The van der Waals surface area contributed by atoms with E-state index in [-0.39, 0.29) is 6.23 Å². The number of pyridine rings is 1. The van der Waals surface area contributed by atoms with Gasteiger partial charge in [0.25, 0.3) is 0 Å². The Kier molecular flexibility index (Phi) is 5.55. The number of nitrogens with zero attached hydrogens (tertiary/aromatic N) is 4. The summed E-state index contributed by atoms with van der Waals surface area (Å²) < 4.78 is 27.8. The molecule has 31 heavy (non-hydrogen) atoms. The number of hydrogen-bond acceptors (Lipinski definition) is 6. The van der Waals surface area contributed by atoms with Gasteiger partial charge < -0.3 is 14.6 Å². The number of aromatic nitrogens is 4. The predicted octanol–water partition coefficient (Wildman–Crippen LogP) is 6.22. The number of unbranched alkanes of at least 4 members (excludes halogenated alkanes) is 1. The van der Waals surface area contributed by atoms with E-state index in [4.69, 9.17) is 14.4 Å². The first kappa shape index (κ1) is 19.9. The van der Waals surface area contributed by atoms with Crippen molar-refractivity contribution in [2.45, 2.75) is 57.8 Å². The molecule has 0 radical (unpaired) electrons. The topological polar surface area (TPSA) is 78.0 Å². The standard InChI is InChI=1S/C23H26FN5O2/c1-2-3-7-17(24)21-16-11-10-15(14-19(16)31-28-21)26-23-22-18(8-6-12-25-22)29(27-23)20-9-4-5-13-30-20/h6,8,10-12,14,17,20H,2-5,7,9,13H2,1H3,(H,26,27). The maximum absolute atomic E-state index is 14.5. The highest BCUT2D eigenvalue weighted by atomic mass is 19.1. The number of fused-ring (bicyclic) bond motifs is 2. The van der Waals surface area contributed by atoms with Gasteiger partial charge in [-0.05, 0) is 49.9 Å². The Balaban J connectivity index is 1.44. The van der Waals surface area contributed by atoms with Crippen molar-refractivity contribution in [3.8, 4) is 0 Å². The molecule has 4 heterocycles. The number of hydrogen-bond donors (Lipinski definition) is 1. The summed E-state index contributed by atoms with van der Waals surface area (Å²) in [6.45, 7) is 2.79. The fraction of sp³-hybridized carbons (Fsp3) is 0.435. The smallest absolute Gasteiger partial charge is 0.179 e. The quantitative estimate of drug-likeness (QED) is 0.380. The summed E-state index contributed by atoms with van der Waals surface area (Å²) in [6, 6.07) is 9.46. The summed E-state index contributed by atoms with van der Waals surface area (Å²) in [4.78, 5) is 4.52. The van der Waals surface area contributed by atoms with Crippen LogP contribution >= 0.6 is 0 Å². The van der Waals surface area contributed by atoms with E-state index in [1.807, 2.05) is 41.9 Å². The molecule has 0 saturated carbocycles. The summed E-state index contributed by atoms with van der Waals surface area (Å²) in [5, 5.41) is 12.8. The fourth-order valence-corrected chi connectivity index (χ4v) is 4.11.